The summed E-state index contributed by atoms with van der Waals surface area (Å²) in [5.41, 5.74) is 1.39. The highest BCUT2D eigenvalue weighted by molar-refractivity contribution is 5.40. The van der Waals surface area contributed by atoms with Crippen LogP contribution in [0.3, 0.4) is 0 Å². The molecule has 0 aliphatic heterocycles. The van der Waals surface area contributed by atoms with Gasteiger partial charge in [-0.05, 0) is 43.2 Å². The fourth-order valence-corrected chi connectivity index (χ4v) is 1.93. The van der Waals surface area contributed by atoms with Crippen LogP contribution in [0, 0.1) is 5.82 Å². The number of hydrogen-bond donors (Lipinski definition) is 1. The summed E-state index contributed by atoms with van der Waals surface area (Å²) in [5, 5.41) is 9.63. The maximum atomic E-state index is 13.7. The molecule has 1 atom stereocenters. The quantitative estimate of drug-likeness (QED) is 0.891. The van der Waals surface area contributed by atoms with Gasteiger partial charge in [0.1, 0.15) is 17.3 Å². The van der Waals surface area contributed by atoms with Gasteiger partial charge in [0.15, 0.2) is 0 Å². The maximum Gasteiger partial charge on any atom is 0.136 e. The summed E-state index contributed by atoms with van der Waals surface area (Å²) in [5.74, 6) is 0.515. The minimum atomic E-state index is -0.911. The van der Waals surface area contributed by atoms with Crippen LogP contribution in [0.15, 0.2) is 42.5 Å². The smallest absolute Gasteiger partial charge is 0.136 e. The van der Waals surface area contributed by atoms with Crippen LogP contribution >= 0.6 is 0 Å². The van der Waals surface area contributed by atoms with Crippen LogP contribution in [0.4, 0.5) is 4.39 Å². The first-order valence-electron chi connectivity index (χ1n) is 6.35. The van der Waals surface area contributed by atoms with Crippen LogP contribution in [0.5, 0.6) is 11.5 Å². The molecule has 0 amide bonds. The number of halogens is 1. The average molecular weight is 260 g/mol. The van der Waals surface area contributed by atoms with Gasteiger partial charge in [-0.3, -0.25) is 0 Å². The Hall–Kier alpha value is -1.87. The largest absolute Gasteiger partial charge is 0.457 e. The van der Waals surface area contributed by atoms with Crippen LogP contribution in [0.2, 0.25) is 0 Å². The highest BCUT2D eigenvalue weighted by Crippen LogP contribution is 2.31. The highest BCUT2D eigenvalue weighted by Gasteiger charge is 2.15. The van der Waals surface area contributed by atoms with Crippen LogP contribution in [-0.4, -0.2) is 5.11 Å². The third-order valence-electron chi connectivity index (χ3n) is 2.99. The Kier molecular flexibility index (Phi) is 4.17. The summed E-state index contributed by atoms with van der Waals surface area (Å²) in [7, 11) is 0. The minimum absolute atomic E-state index is 0.182. The van der Waals surface area contributed by atoms with Crippen molar-refractivity contribution < 1.29 is 14.2 Å². The summed E-state index contributed by atoms with van der Waals surface area (Å²) >= 11 is 0. The monoisotopic (exact) mass is 260 g/mol. The van der Waals surface area contributed by atoms with Gasteiger partial charge >= 0.3 is 0 Å². The molecule has 0 saturated carbocycles. The SMILES string of the molecule is CCc1ccc(Oc2cccc(F)c2[C@H](C)O)cc1. The van der Waals surface area contributed by atoms with E-state index in [1.807, 2.05) is 24.3 Å². The summed E-state index contributed by atoms with van der Waals surface area (Å²) in [6.07, 6.45) is 0.0465. The molecule has 0 saturated heterocycles. The van der Waals surface area contributed by atoms with E-state index in [9.17, 15) is 9.50 Å². The van der Waals surface area contributed by atoms with Gasteiger partial charge in [-0.2, -0.15) is 0 Å². The maximum absolute atomic E-state index is 13.7. The van der Waals surface area contributed by atoms with Gasteiger partial charge in [-0.1, -0.05) is 25.1 Å². The van der Waals surface area contributed by atoms with Gasteiger partial charge in [0.25, 0.3) is 0 Å². The Labute approximate surface area is 112 Å². The summed E-state index contributed by atoms with van der Waals surface area (Å²) in [4.78, 5) is 0. The molecule has 0 aliphatic carbocycles. The van der Waals surface area contributed by atoms with E-state index >= 15 is 0 Å². The third kappa shape index (κ3) is 3.12. The molecule has 0 heterocycles. The molecule has 0 unspecified atom stereocenters. The Morgan fingerprint density at radius 1 is 1.16 bits per heavy atom. The molecule has 3 heteroatoms. The molecule has 0 spiro atoms. The predicted octanol–water partition coefficient (Wildman–Crippen LogP) is 4.23. The van der Waals surface area contributed by atoms with Crippen LogP contribution in [0.25, 0.3) is 0 Å². The molecule has 2 nitrogen and oxygen atoms in total. The van der Waals surface area contributed by atoms with Gasteiger partial charge in [-0.25, -0.2) is 4.39 Å². The minimum Gasteiger partial charge on any atom is -0.457 e. The van der Waals surface area contributed by atoms with E-state index in [0.29, 0.717) is 11.5 Å². The Morgan fingerprint density at radius 2 is 1.84 bits per heavy atom. The zero-order valence-electron chi connectivity index (χ0n) is 11.1. The molecule has 2 rings (SSSR count). The normalized spacial score (nSPS) is 12.2. The van der Waals surface area contributed by atoms with E-state index in [2.05, 4.69) is 6.92 Å². The van der Waals surface area contributed by atoms with Gasteiger partial charge in [0.05, 0.1) is 11.7 Å². The lowest BCUT2D eigenvalue weighted by Gasteiger charge is -2.14. The summed E-state index contributed by atoms with van der Waals surface area (Å²) in [6.45, 7) is 3.60. The zero-order valence-corrected chi connectivity index (χ0v) is 11.1. The van der Waals surface area contributed by atoms with Crippen LogP contribution < -0.4 is 4.74 Å². The van der Waals surface area contributed by atoms with E-state index in [-0.39, 0.29) is 5.56 Å². The van der Waals surface area contributed by atoms with Crippen molar-refractivity contribution in [3.63, 3.8) is 0 Å². The van der Waals surface area contributed by atoms with E-state index in [0.717, 1.165) is 6.42 Å². The van der Waals surface area contributed by atoms with Crippen LogP contribution in [0.1, 0.15) is 31.1 Å². The Balaban J connectivity index is 2.29. The number of ether oxygens (including phenoxy) is 1. The van der Waals surface area contributed by atoms with Crippen LogP contribution in [-0.2, 0) is 6.42 Å². The van der Waals surface area contributed by atoms with Crippen molar-refractivity contribution >= 4 is 0 Å². The first-order chi connectivity index (χ1) is 9.11. The molecule has 2 aromatic carbocycles. The second kappa shape index (κ2) is 5.85. The standard InChI is InChI=1S/C16H17FO2/c1-3-12-7-9-13(10-8-12)19-15-6-4-5-14(17)16(15)11(2)18/h4-11,18H,3H2,1-2H3/t11-/m0/s1. The fourth-order valence-electron chi connectivity index (χ4n) is 1.93. The van der Waals surface area contributed by atoms with E-state index < -0.39 is 11.9 Å². The number of rotatable bonds is 4. The van der Waals surface area contributed by atoms with Crippen molar-refractivity contribution in [2.24, 2.45) is 0 Å². The number of hydrogen-bond acceptors (Lipinski definition) is 2. The summed E-state index contributed by atoms with van der Waals surface area (Å²) < 4.78 is 19.3. The first-order valence-corrected chi connectivity index (χ1v) is 6.35. The van der Waals surface area contributed by atoms with Crippen molar-refractivity contribution in [3.8, 4) is 11.5 Å². The van der Waals surface area contributed by atoms with Gasteiger partial charge in [0.2, 0.25) is 0 Å². The number of aliphatic hydroxyl groups excluding tert-OH is 1. The van der Waals surface area contributed by atoms with E-state index in [1.54, 1.807) is 12.1 Å². The topological polar surface area (TPSA) is 29.5 Å². The van der Waals surface area contributed by atoms with Crippen molar-refractivity contribution in [1.82, 2.24) is 0 Å². The van der Waals surface area contributed by atoms with Gasteiger partial charge < -0.3 is 9.84 Å². The number of benzene rings is 2. The fraction of sp³-hybridized carbons (Fsp3) is 0.250. The molecule has 0 fully saturated rings. The molecule has 19 heavy (non-hydrogen) atoms. The Morgan fingerprint density at radius 3 is 2.42 bits per heavy atom. The summed E-state index contributed by atoms with van der Waals surface area (Å²) in [6, 6.07) is 12.2. The van der Waals surface area contributed by atoms with E-state index in [1.165, 1.54) is 18.6 Å². The molecule has 0 radical (unpaired) electrons. The molecule has 1 N–H and O–H groups in total. The Bertz CT molecular complexity index is 547. The zero-order chi connectivity index (χ0) is 13.8. The van der Waals surface area contributed by atoms with Gasteiger partial charge in [-0.15, -0.1) is 0 Å². The second-order valence-electron chi connectivity index (χ2n) is 4.43. The van der Waals surface area contributed by atoms with Crippen molar-refractivity contribution in [3.05, 3.63) is 59.4 Å². The molecule has 0 bridgehead atoms. The second-order valence-corrected chi connectivity index (χ2v) is 4.43. The van der Waals surface area contributed by atoms with Crippen molar-refractivity contribution in [2.75, 3.05) is 0 Å². The molecular weight excluding hydrogens is 243 g/mol. The first kappa shape index (κ1) is 13.6. The molecule has 2 aromatic rings. The number of aliphatic hydroxyl groups is 1. The molecular formula is C16H17FO2. The predicted molar refractivity (Wildman–Crippen MR) is 72.9 cm³/mol. The lowest BCUT2D eigenvalue weighted by molar-refractivity contribution is 0.190. The number of aryl methyl sites for hydroxylation is 1. The van der Waals surface area contributed by atoms with Crippen molar-refractivity contribution in [1.29, 1.82) is 0 Å². The van der Waals surface area contributed by atoms with Gasteiger partial charge in [0, 0.05) is 0 Å². The average Bonchev–Trinajstić information content (AvgIpc) is 2.39. The molecule has 0 aromatic heterocycles. The molecule has 100 valence electrons. The third-order valence-corrected chi connectivity index (χ3v) is 2.99. The lowest BCUT2D eigenvalue weighted by atomic mass is 10.1. The lowest BCUT2D eigenvalue weighted by Crippen LogP contribution is -1.99. The molecule has 0 aliphatic rings. The van der Waals surface area contributed by atoms with Crippen molar-refractivity contribution in [2.45, 2.75) is 26.4 Å². The highest BCUT2D eigenvalue weighted by atomic mass is 19.1. The van der Waals surface area contributed by atoms with E-state index in [4.69, 9.17) is 4.74 Å².